The molecule has 1 N–H and O–H groups in total. The number of methoxy groups -OCH3 is 1. The second-order valence-electron chi connectivity index (χ2n) is 5.41. The fourth-order valence-corrected chi connectivity index (χ4v) is 3.08. The van der Waals surface area contributed by atoms with Crippen LogP contribution in [0.2, 0.25) is 5.02 Å². The van der Waals surface area contributed by atoms with Gasteiger partial charge in [-0.15, -0.1) is 0 Å². The smallest absolute Gasteiger partial charge is 0.241 e. The molecular weight excluding hydrogens is 396 g/mol. The molecule has 0 aliphatic carbocycles. The summed E-state index contributed by atoms with van der Waals surface area (Å²) in [5.41, 5.74) is 1.70. The lowest BCUT2D eigenvalue weighted by molar-refractivity contribution is -0.121. The van der Waals surface area contributed by atoms with Crippen molar-refractivity contribution in [3.05, 3.63) is 28.9 Å². The highest BCUT2D eigenvalue weighted by Crippen LogP contribution is 2.33. The topological polar surface area (TPSA) is 60.3 Å². The Morgan fingerprint density at radius 1 is 1.38 bits per heavy atom. The summed E-state index contributed by atoms with van der Waals surface area (Å²) in [5.74, 6) is 0.519. The van der Waals surface area contributed by atoms with Crippen LogP contribution in [0.3, 0.4) is 0 Å². The average Bonchev–Trinajstić information content (AvgIpc) is 2.91. The molecule has 5 nitrogen and oxygen atoms in total. The maximum Gasteiger partial charge on any atom is 0.241 e. The second-order valence-corrected chi connectivity index (χ2v) is 6.37. The van der Waals surface area contributed by atoms with Crippen molar-refractivity contribution in [2.24, 2.45) is 0 Å². The van der Waals surface area contributed by atoms with Crippen LogP contribution in [0.25, 0.3) is 10.9 Å². The molecule has 0 bridgehead atoms. The summed E-state index contributed by atoms with van der Waals surface area (Å²) in [5, 5.41) is 4.46. The van der Waals surface area contributed by atoms with Crippen molar-refractivity contribution in [1.82, 2.24) is 9.88 Å². The van der Waals surface area contributed by atoms with Crippen molar-refractivity contribution < 1.29 is 14.3 Å². The average molecular weight is 416 g/mol. The van der Waals surface area contributed by atoms with Crippen molar-refractivity contribution in [2.75, 3.05) is 19.0 Å². The number of nitrogens with zero attached hydrogens (tertiary/aromatic N) is 1. The molecule has 24 heavy (non-hydrogen) atoms. The van der Waals surface area contributed by atoms with E-state index in [4.69, 9.17) is 16.3 Å². The van der Waals surface area contributed by atoms with E-state index in [1.165, 1.54) is 0 Å². The third-order valence-corrected chi connectivity index (χ3v) is 4.51. The number of alkyl halides is 1. The molecule has 0 saturated carbocycles. The Morgan fingerprint density at radius 2 is 2.12 bits per heavy atom. The number of nitrogens with one attached hydrogen (secondary N) is 1. The molecule has 0 unspecified atom stereocenters. The van der Waals surface area contributed by atoms with Crippen molar-refractivity contribution in [3.63, 3.8) is 0 Å². The normalized spacial score (nSPS) is 10.8. The Kier molecular flexibility index (Phi) is 6.69. The number of fused-ring (bicyclic) bond motifs is 1. The molecule has 130 valence electrons. The monoisotopic (exact) mass is 414 g/mol. The lowest BCUT2D eigenvalue weighted by Crippen LogP contribution is -2.25. The van der Waals surface area contributed by atoms with Crippen molar-refractivity contribution >= 4 is 50.2 Å². The van der Waals surface area contributed by atoms with Gasteiger partial charge >= 0.3 is 0 Å². The van der Waals surface area contributed by atoms with Crippen LogP contribution in [0.15, 0.2) is 18.3 Å². The van der Waals surface area contributed by atoms with E-state index in [1.807, 2.05) is 13.0 Å². The van der Waals surface area contributed by atoms with Gasteiger partial charge in [-0.25, -0.2) is 0 Å². The largest absolute Gasteiger partial charge is 0.495 e. The molecule has 0 spiro atoms. The van der Waals surface area contributed by atoms with Gasteiger partial charge in [-0.1, -0.05) is 34.5 Å². The van der Waals surface area contributed by atoms with Gasteiger partial charge in [0.15, 0.2) is 0 Å². The van der Waals surface area contributed by atoms with Crippen LogP contribution >= 0.6 is 27.5 Å². The molecule has 2 aromatic rings. The first kappa shape index (κ1) is 18.8. The minimum absolute atomic E-state index is 0.0402. The van der Waals surface area contributed by atoms with Gasteiger partial charge in [-0.3, -0.25) is 14.2 Å². The van der Waals surface area contributed by atoms with Crippen LogP contribution < -0.4 is 10.1 Å². The number of aromatic nitrogens is 1. The lowest BCUT2D eigenvalue weighted by Gasteiger charge is -2.06. The molecule has 0 radical (unpaired) electrons. The minimum Gasteiger partial charge on any atom is -0.495 e. The number of hydrogen-bond donors (Lipinski definition) is 1. The van der Waals surface area contributed by atoms with Crippen LogP contribution in [0, 0.1) is 0 Å². The van der Waals surface area contributed by atoms with Crippen LogP contribution in [-0.2, 0) is 11.2 Å². The molecule has 0 fully saturated rings. The minimum atomic E-state index is -0.0810. The maximum absolute atomic E-state index is 12.1. The zero-order chi connectivity index (χ0) is 17.7. The van der Waals surface area contributed by atoms with Crippen LogP contribution in [0.4, 0.5) is 0 Å². The Morgan fingerprint density at radius 3 is 2.75 bits per heavy atom. The Balaban J connectivity index is 2.34. The number of halogens is 2. The molecule has 1 aromatic carbocycles. The van der Waals surface area contributed by atoms with E-state index in [9.17, 15) is 9.59 Å². The highest BCUT2D eigenvalue weighted by atomic mass is 79.9. The SMILES string of the molecule is CCCC(=O)NCCc1cn(C(=O)CBr)c2cc(Cl)c(OC)cc12. The summed E-state index contributed by atoms with van der Waals surface area (Å²) in [6.45, 7) is 2.49. The van der Waals surface area contributed by atoms with E-state index in [0.29, 0.717) is 30.2 Å². The third-order valence-electron chi connectivity index (χ3n) is 3.74. The van der Waals surface area contributed by atoms with Gasteiger partial charge < -0.3 is 10.1 Å². The fraction of sp³-hybridized carbons (Fsp3) is 0.412. The van der Waals surface area contributed by atoms with E-state index in [1.54, 1.807) is 23.9 Å². The zero-order valence-electron chi connectivity index (χ0n) is 13.7. The zero-order valence-corrected chi connectivity index (χ0v) is 16.0. The molecule has 0 aliphatic heterocycles. The third kappa shape index (κ3) is 4.11. The fourth-order valence-electron chi connectivity index (χ4n) is 2.57. The number of ether oxygens (including phenoxy) is 1. The molecule has 0 saturated heterocycles. The number of carbonyl (C=O) groups excluding carboxylic acids is 2. The van der Waals surface area contributed by atoms with E-state index in [0.717, 1.165) is 22.9 Å². The number of amides is 1. The van der Waals surface area contributed by atoms with Gasteiger partial charge in [0.2, 0.25) is 11.8 Å². The molecule has 0 atom stereocenters. The summed E-state index contributed by atoms with van der Waals surface area (Å²) < 4.78 is 6.86. The number of benzene rings is 1. The number of hydrogen-bond acceptors (Lipinski definition) is 3. The lowest BCUT2D eigenvalue weighted by atomic mass is 10.1. The first-order chi connectivity index (χ1) is 11.5. The summed E-state index contributed by atoms with van der Waals surface area (Å²) in [7, 11) is 1.55. The molecule has 7 heteroatoms. The highest BCUT2D eigenvalue weighted by molar-refractivity contribution is 9.09. The van der Waals surface area contributed by atoms with Crippen LogP contribution in [0.5, 0.6) is 5.75 Å². The van der Waals surface area contributed by atoms with Crippen LogP contribution in [0.1, 0.15) is 30.1 Å². The maximum atomic E-state index is 12.1. The predicted molar refractivity (Wildman–Crippen MR) is 99.5 cm³/mol. The van der Waals surface area contributed by atoms with Gasteiger partial charge in [-0.2, -0.15) is 0 Å². The number of rotatable bonds is 7. The Labute approximate surface area is 154 Å². The van der Waals surface area contributed by atoms with Gasteiger partial charge in [0.1, 0.15) is 5.75 Å². The summed E-state index contributed by atoms with van der Waals surface area (Å²) in [4.78, 5) is 23.7. The molecular formula is C17H20BrClN2O3. The second kappa shape index (κ2) is 8.53. The summed E-state index contributed by atoms with van der Waals surface area (Å²) >= 11 is 9.39. The van der Waals surface area contributed by atoms with Crippen molar-refractivity contribution in [3.8, 4) is 5.75 Å². The Bertz CT molecular complexity index is 758. The summed E-state index contributed by atoms with van der Waals surface area (Å²) in [6, 6.07) is 3.56. The Hall–Kier alpha value is -1.53. The van der Waals surface area contributed by atoms with Gasteiger partial charge in [-0.05, 0) is 30.5 Å². The first-order valence-corrected chi connectivity index (χ1v) is 9.25. The molecule has 1 amide bonds. The van der Waals surface area contributed by atoms with Crippen molar-refractivity contribution in [1.29, 1.82) is 0 Å². The van der Waals surface area contributed by atoms with E-state index < -0.39 is 0 Å². The highest BCUT2D eigenvalue weighted by Gasteiger charge is 2.16. The van der Waals surface area contributed by atoms with Crippen molar-refractivity contribution in [2.45, 2.75) is 26.2 Å². The molecule has 1 aromatic heterocycles. The number of carbonyl (C=O) groups is 2. The van der Waals surface area contributed by atoms with Crippen LogP contribution in [-0.4, -0.2) is 35.4 Å². The quantitative estimate of drug-likeness (QED) is 0.700. The molecule has 0 aliphatic rings. The van der Waals surface area contributed by atoms with Gasteiger partial charge in [0, 0.05) is 24.5 Å². The summed E-state index contributed by atoms with van der Waals surface area (Å²) in [6.07, 6.45) is 3.77. The standard InChI is InChI=1S/C17H20BrClN2O3/c1-3-4-16(22)20-6-5-11-10-21(17(23)9-18)14-8-13(19)15(24-2)7-12(11)14/h7-8,10H,3-6,9H2,1-2H3,(H,20,22). The molecule has 1 heterocycles. The molecule has 2 rings (SSSR count). The predicted octanol–water partition coefficient (Wildman–Crippen LogP) is 3.80. The van der Waals surface area contributed by atoms with E-state index in [-0.39, 0.29) is 17.1 Å². The van der Waals surface area contributed by atoms with Gasteiger partial charge in [0.25, 0.3) is 0 Å². The van der Waals surface area contributed by atoms with E-state index in [2.05, 4.69) is 21.2 Å². The first-order valence-electron chi connectivity index (χ1n) is 7.75. The van der Waals surface area contributed by atoms with Gasteiger partial charge in [0.05, 0.1) is 23.0 Å². The van der Waals surface area contributed by atoms with E-state index >= 15 is 0 Å².